The number of H-pyrrole nitrogens is 1. The van der Waals surface area contributed by atoms with E-state index in [1.54, 1.807) is 6.20 Å². The molecule has 0 saturated carbocycles. The van der Waals surface area contributed by atoms with Crippen LogP contribution in [0.15, 0.2) is 6.20 Å². The Kier molecular flexibility index (Phi) is 4.30. The van der Waals surface area contributed by atoms with E-state index >= 15 is 0 Å². The molecule has 5 nitrogen and oxygen atoms in total. The highest BCUT2D eigenvalue weighted by atomic mass is 16.1. The van der Waals surface area contributed by atoms with Crippen LogP contribution in [0.1, 0.15) is 35.8 Å². The number of amides is 1. The van der Waals surface area contributed by atoms with E-state index in [0.29, 0.717) is 12.1 Å². The van der Waals surface area contributed by atoms with E-state index in [4.69, 9.17) is 5.73 Å². The average molecular weight is 210 g/mol. The van der Waals surface area contributed by atoms with E-state index < -0.39 is 0 Å². The third-order valence-electron chi connectivity index (χ3n) is 2.29. The average Bonchev–Trinajstić information content (AvgIpc) is 2.61. The molecule has 1 unspecified atom stereocenters. The van der Waals surface area contributed by atoms with Gasteiger partial charge in [0.25, 0.3) is 5.91 Å². The van der Waals surface area contributed by atoms with Crippen LogP contribution in [0.3, 0.4) is 0 Å². The second-order valence-corrected chi connectivity index (χ2v) is 3.71. The van der Waals surface area contributed by atoms with Gasteiger partial charge in [-0.2, -0.15) is 5.10 Å². The van der Waals surface area contributed by atoms with Crippen LogP contribution < -0.4 is 11.1 Å². The molecule has 0 fully saturated rings. The topological polar surface area (TPSA) is 83.8 Å². The van der Waals surface area contributed by atoms with Gasteiger partial charge in [-0.25, -0.2) is 0 Å². The smallest absolute Gasteiger partial charge is 0.254 e. The van der Waals surface area contributed by atoms with Gasteiger partial charge in [0.05, 0.1) is 11.8 Å². The maximum Gasteiger partial charge on any atom is 0.254 e. The maximum atomic E-state index is 11.7. The van der Waals surface area contributed by atoms with Crippen molar-refractivity contribution in [2.24, 2.45) is 5.73 Å². The van der Waals surface area contributed by atoms with Crippen LogP contribution in [0.25, 0.3) is 0 Å². The molecule has 0 saturated heterocycles. The third kappa shape index (κ3) is 3.36. The Morgan fingerprint density at radius 2 is 2.47 bits per heavy atom. The zero-order valence-electron chi connectivity index (χ0n) is 9.21. The predicted molar refractivity (Wildman–Crippen MR) is 58.5 cm³/mol. The van der Waals surface area contributed by atoms with Crippen LogP contribution in [0.5, 0.6) is 0 Å². The first-order chi connectivity index (χ1) is 7.15. The summed E-state index contributed by atoms with van der Waals surface area (Å²) in [5, 5.41) is 9.44. The minimum absolute atomic E-state index is 0.0780. The molecule has 0 aliphatic carbocycles. The molecule has 1 atom stereocenters. The van der Waals surface area contributed by atoms with E-state index in [-0.39, 0.29) is 11.9 Å². The third-order valence-corrected chi connectivity index (χ3v) is 2.29. The van der Waals surface area contributed by atoms with E-state index in [1.807, 2.05) is 13.8 Å². The highest BCUT2D eigenvalue weighted by Crippen LogP contribution is 2.03. The van der Waals surface area contributed by atoms with Gasteiger partial charge in [0, 0.05) is 11.7 Å². The van der Waals surface area contributed by atoms with Crippen LogP contribution in [-0.4, -0.2) is 28.7 Å². The molecule has 1 heterocycles. The number of nitrogens with zero attached hydrogens (tertiary/aromatic N) is 1. The van der Waals surface area contributed by atoms with Crippen LogP contribution in [0, 0.1) is 6.92 Å². The first kappa shape index (κ1) is 11.7. The van der Waals surface area contributed by atoms with Gasteiger partial charge in [0.1, 0.15) is 0 Å². The molecule has 0 bridgehead atoms. The molecular weight excluding hydrogens is 192 g/mol. The zero-order valence-corrected chi connectivity index (χ0v) is 9.21. The van der Waals surface area contributed by atoms with E-state index in [2.05, 4.69) is 15.5 Å². The SMILES string of the molecule is Cc1[nH]ncc1C(=O)NC(C)CCCN. The Morgan fingerprint density at radius 1 is 1.73 bits per heavy atom. The van der Waals surface area contributed by atoms with Crippen molar-refractivity contribution in [2.75, 3.05) is 6.54 Å². The fraction of sp³-hybridized carbons (Fsp3) is 0.600. The maximum absolute atomic E-state index is 11.7. The quantitative estimate of drug-likeness (QED) is 0.664. The van der Waals surface area contributed by atoms with Gasteiger partial charge in [0.15, 0.2) is 0 Å². The lowest BCUT2D eigenvalue weighted by molar-refractivity contribution is 0.0937. The van der Waals surface area contributed by atoms with Crippen LogP contribution in [-0.2, 0) is 0 Å². The van der Waals surface area contributed by atoms with Gasteiger partial charge in [-0.15, -0.1) is 0 Å². The first-order valence-corrected chi connectivity index (χ1v) is 5.16. The Morgan fingerprint density at radius 3 is 3.00 bits per heavy atom. The second-order valence-electron chi connectivity index (χ2n) is 3.71. The summed E-state index contributed by atoms with van der Waals surface area (Å²) in [6.07, 6.45) is 3.37. The molecule has 0 spiro atoms. The molecule has 4 N–H and O–H groups in total. The summed E-state index contributed by atoms with van der Waals surface area (Å²) in [6.45, 7) is 4.46. The van der Waals surface area contributed by atoms with Crippen molar-refractivity contribution in [3.05, 3.63) is 17.5 Å². The summed E-state index contributed by atoms with van der Waals surface area (Å²) in [5.41, 5.74) is 6.80. The van der Waals surface area contributed by atoms with Gasteiger partial charge in [-0.1, -0.05) is 0 Å². The molecule has 15 heavy (non-hydrogen) atoms. The first-order valence-electron chi connectivity index (χ1n) is 5.16. The number of nitrogens with one attached hydrogen (secondary N) is 2. The van der Waals surface area contributed by atoms with Crippen molar-refractivity contribution in [1.82, 2.24) is 15.5 Å². The van der Waals surface area contributed by atoms with Gasteiger partial charge in [0.2, 0.25) is 0 Å². The zero-order chi connectivity index (χ0) is 11.3. The molecule has 0 aliphatic rings. The molecule has 0 aliphatic heterocycles. The summed E-state index contributed by atoms with van der Waals surface area (Å²) >= 11 is 0. The molecule has 5 heteroatoms. The normalized spacial score (nSPS) is 12.5. The van der Waals surface area contributed by atoms with Crippen molar-refractivity contribution >= 4 is 5.91 Å². The number of nitrogens with two attached hydrogens (primary N) is 1. The monoisotopic (exact) mass is 210 g/mol. The molecule has 1 amide bonds. The summed E-state index contributed by atoms with van der Waals surface area (Å²) in [5.74, 6) is -0.0780. The van der Waals surface area contributed by atoms with Gasteiger partial charge in [-0.3, -0.25) is 9.89 Å². The van der Waals surface area contributed by atoms with Crippen molar-refractivity contribution in [1.29, 1.82) is 0 Å². The van der Waals surface area contributed by atoms with Gasteiger partial charge >= 0.3 is 0 Å². The Labute approximate surface area is 89.4 Å². The number of aryl methyl sites for hydroxylation is 1. The largest absolute Gasteiger partial charge is 0.349 e. The molecule has 1 rings (SSSR count). The molecule has 1 aromatic heterocycles. The predicted octanol–water partition coefficient (Wildman–Crippen LogP) is 0.575. The summed E-state index contributed by atoms with van der Waals surface area (Å²) in [6, 6.07) is 0.148. The van der Waals surface area contributed by atoms with E-state index in [0.717, 1.165) is 18.5 Å². The molecule has 0 radical (unpaired) electrons. The fourth-order valence-electron chi connectivity index (χ4n) is 1.38. The van der Waals surface area contributed by atoms with Crippen LogP contribution in [0.2, 0.25) is 0 Å². The van der Waals surface area contributed by atoms with Crippen molar-refractivity contribution < 1.29 is 4.79 Å². The lowest BCUT2D eigenvalue weighted by Gasteiger charge is -2.12. The lowest BCUT2D eigenvalue weighted by Crippen LogP contribution is -2.33. The molecule has 84 valence electrons. The van der Waals surface area contributed by atoms with Crippen molar-refractivity contribution in [3.63, 3.8) is 0 Å². The van der Waals surface area contributed by atoms with E-state index in [1.165, 1.54) is 0 Å². The Bertz CT molecular complexity index is 321. The summed E-state index contributed by atoms with van der Waals surface area (Å²) < 4.78 is 0. The molecule has 1 aromatic rings. The number of carbonyl (C=O) groups is 1. The number of aromatic amines is 1. The second kappa shape index (κ2) is 5.50. The number of rotatable bonds is 5. The summed E-state index contributed by atoms with van der Waals surface area (Å²) in [4.78, 5) is 11.7. The number of hydrogen-bond donors (Lipinski definition) is 3. The lowest BCUT2D eigenvalue weighted by atomic mass is 10.1. The van der Waals surface area contributed by atoms with Crippen molar-refractivity contribution in [3.8, 4) is 0 Å². The Balaban J connectivity index is 2.46. The minimum atomic E-state index is -0.0780. The van der Waals surface area contributed by atoms with Gasteiger partial charge in [-0.05, 0) is 33.2 Å². The molecule has 0 aromatic carbocycles. The van der Waals surface area contributed by atoms with Crippen LogP contribution in [0.4, 0.5) is 0 Å². The minimum Gasteiger partial charge on any atom is -0.349 e. The van der Waals surface area contributed by atoms with Crippen molar-refractivity contribution in [2.45, 2.75) is 32.7 Å². The Hall–Kier alpha value is -1.36. The molecular formula is C10H18N4O. The number of aromatic nitrogens is 2. The standard InChI is InChI=1S/C10H18N4O/c1-7(4-3-5-11)13-10(15)9-6-12-14-8(9)2/h6-7H,3-5,11H2,1-2H3,(H,12,14)(H,13,15). The summed E-state index contributed by atoms with van der Waals surface area (Å²) in [7, 11) is 0. The number of carbonyl (C=O) groups excluding carboxylic acids is 1. The number of hydrogen-bond acceptors (Lipinski definition) is 3. The van der Waals surface area contributed by atoms with E-state index in [9.17, 15) is 4.79 Å². The van der Waals surface area contributed by atoms with Gasteiger partial charge < -0.3 is 11.1 Å². The van der Waals surface area contributed by atoms with Crippen LogP contribution >= 0.6 is 0 Å². The fourth-order valence-corrected chi connectivity index (χ4v) is 1.38. The highest BCUT2D eigenvalue weighted by molar-refractivity contribution is 5.95. The highest BCUT2D eigenvalue weighted by Gasteiger charge is 2.12.